The quantitative estimate of drug-likeness (QED) is 0.557. The molecule has 3 amide bonds. The van der Waals surface area contributed by atoms with Crippen molar-refractivity contribution >= 4 is 39.3 Å². The molecule has 0 unspecified atom stereocenters. The number of hydrogen-bond donors (Lipinski definition) is 2. The zero-order valence-electron chi connectivity index (χ0n) is 17.6. The minimum Gasteiger partial charge on any atom is -0.454 e. The molecular formula is C21H25N3O6S2. The van der Waals surface area contributed by atoms with Crippen LogP contribution in [0.3, 0.4) is 0 Å². The molecule has 0 saturated carbocycles. The maximum absolute atomic E-state index is 12.9. The number of urea groups is 1. The normalized spacial score (nSPS) is 16.5. The number of nitrogens with one attached hydrogen (secondary N) is 2. The van der Waals surface area contributed by atoms with Gasteiger partial charge in [0.05, 0.1) is 4.90 Å². The van der Waals surface area contributed by atoms with Crippen LogP contribution in [-0.2, 0) is 30.8 Å². The van der Waals surface area contributed by atoms with Gasteiger partial charge < -0.3 is 10.1 Å². The van der Waals surface area contributed by atoms with E-state index < -0.39 is 40.6 Å². The summed E-state index contributed by atoms with van der Waals surface area (Å²) < 4.78 is 31.9. The Balaban J connectivity index is 1.47. The number of ether oxygens (including phenoxy) is 1. The van der Waals surface area contributed by atoms with Crippen LogP contribution in [0.5, 0.6) is 0 Å². The van der Waals surface area contributed by atoms with E-state index in [1.54, 1.807) is 23.5 Å². The predicted octanol–water partition coefficient (Wildman–Crippen LogP) is 1.82. The van der Waals surface area contributed by atoms with Crippen LogP contribution in [-0.4, -0.2) is 56.4 Å². The lowest BCUT2D eigenvalue weighted by Gasteiger charge is -2.22. The Labute approximate surface area is 190 Å². The molecule has 1 aromatic heterocycles. The van der Waals surface area contributed by atoms with Crippen molar-refractivity contribution in [1.29, 1.82) is 0 Å². The van der Waals surface area contributed by atoms with Gasteiger partial charge in [0, 0.05) is 18.0 Å². The molecule has 0 bridgehead atoms. The second kappa shape index (κ2) is 10.7. The molecule has 11 heteroatoms. The van der Waals surface area contributed by atoms with Crippen LogP contribution in [0, 0.1) is 6.92 Å². The number of carbonyl (C=O) groups is 3. The summed E-state index contributed by atoms with van der Waals surface area (Å²) in [5.41, 5.74) is 0.919. The third kappa shape index (κ3) is 6.15. The highest BCUT2D eigenvalue weighted by atomic mass is 32.2. The molecular weight excluding hydrogens is 454 g/mol. The Morgan fingerprint density at radius 2 is 1.94 bits per heavy atom. The standard InChI is InChI=1S/C21H25N3O6S2/c1-15-6-8-17(9-7-15)32(28,29)24-12-2-5-18(24)20(26)30-14-19(25)23-21(27)22-11-10-16-4-3-13-31-16/h3-4,6-9,13,18H,2,5,10-12,14H2,1H3,(H2,22,23,25,27)/t18-/m0/s1. The van der Waals surface area contributed by atoms with Crippen LogP contribution in [0.25, 0.3) is 0 Å². The van der Waals surface area contributed by atoms with Crippen LogP contribution in [0.15, 0.2) is 46.7 Å². The highest BCUT2D eigenvalue weighted by Gasteiger charge is 2.40. The second-order valence-corrected chi connectivity index (χ2v) is 10.3. The summed E-state index contributed by atoms with van der Waals surface area (Å²) in [5, 5.41) is 6.57. The highest BCUT2D eigenvalue weighted by Crippen LogP contribution is 2.27. The van der Waals surface area contributed by atoms with E-state index in [0.29, 0.717) is 25.8 Å². The van der Waals surface area contributed by atoms with Crippen molar-refractivity contribution in [3.63, 3.8) is 0 Å². The van der Waals surface area contributed by atoms with Crippen molar-refractivity contribution in [3.8, 4) is 0 Å². The number of nitrogens with zero attached hydrogens (tertiary/aromatic N) is 1. The molecule has 9 nitrogen and oxygen atoms in total. The zero-order valence-corrected chi connectivity index (χ0v) is 19.2. The van der Waals surface area contributed by atoms with E-state index in [-0.39, 0.29) is 11.4 Å². The minimum absolute atomic E-state index is 0.0970. The van der Waals surface area contributed by atoms with Crippen LogP contribution < -0.4 is 10.6 Å². The van der Waals surface area contributed by atoms with Gasteiger partial charge in [0.1, 0.15) is 6.04 Å². The largest absolute Gasteiger partial charge is 0.454 e. The first kappa shape index (κ1) is 23.9. The molecule has 0 radical (unpaired) electrons. The molecule has 2 heterocycles. The van der Waals surface area contributed by atoms with E-state index >= 15 is 0 Å². The zero-order chi connectivity index (χ0) is 23.1. The fourth-order valence-electron chi connectivity index (χ4n) is 3.30. The molecule has 1 aliphatic rings. The molecule has 0 spiro atoms. The lowest BCUT2D eigenvalue weighted by Crippen LogP contribution is -2.44. The van der Waals surface area contributed by atoms with Gasteiger partial charge in [-0.2, -0.15) is 4.31 Å². The van der Waals surface area contributed by atoms with E-state index in [9.17, 15) is 22.8 Å². The number of hydrogen-bond acceptors (Lipinski definition) is 7. The average Bonchev–Trinajstić information content (AvgIpc) is 3.45. The predicted molar refractivity (Wildman–Crippen MR) is 119 cm³/mol. The third-order valence-electron chi connectivity index (χ3n) is 4.94. The summed E-state index contributed by atoms with van der Waals surface area (Å²) in [6, 6.07) is 8.53. The molecule has 32 heavy (non-hydrogen) atoms. The number of aryl methyl sites for hydroxylation is 1. The van der Waals surface area contributed by atoms with Gasteiger partial charge in [-0.1, -0.05) is 23.8 Å². The van der Waals surface area contributed by atoms with E-state index in [1.165, 1.54) is 12.1 Å². The van der Waals surface area contributed by atoms with Gasteiger partial charge in [0.25, 0.3) is 5.91 Å². The first-order chi connectivity index (χ1) is 15.3. The van der Waals surface area contributed by atoms with Crippen molar-refractivity contribution in [2.45, 2.75) is 37.1 Å². The van der Waals surface area contributed by atoms with E-state index in [0.717, 1.165) is 14.7 Å². The van der Waals surface area contributed by atoms with Crippen molar-refractivity contribution in [1.82, 2.24) is 14.9 Å². The molecule has 3 rings (SSSR count). The van der Waals surface area contributed by atoms with E-state index in [4.69, 9.17) is 4.74 Å². The number of thiophene rings is 1. The Morgan fingerprint density at radius 1 is 1.19 bits per heavy atom. The smallest absolute Gasteiger partial charge is 0.324 e. The Hall–Kier alpha value is -2.76. The van der Waals surface area contributed by atoms with Gasteiger partial charge in [0.2, 0.25) is 10.0 Å². The van der Waals surface area contributed by atoms with Crippen LogP contribution in [0.1, 0.15) is 23.3 Å². The molecule has 2 aromatic rings. The van der Waals surface area contributed by atoms with Gasteiger partial charge in [-0.3, -0.25) is 14.9 Å². The summed E-state index contributed by atoms with van der Waals surface area (Å²) in [7, 11) is -3.87. The Morgan fingerprint density at radius 3 is 2.62 bits per heavy atom. The summed E-state index contributed by atoms with van der Waals surface area (Å²) in [6.45, 7) is 1.72. The summed E-state index contributed by atoms with van der Waals surface area (Å²) in [6.07, 6.45) is 1.44. The van der Waals surface area contributed by atoms with Crippen molar-refractivity contribution < 1.29 is 27.5 Å². The van der Waals surface area contributed by atoms with Crippen LogP contribution in [0.2, 0.25) is 0 Å². The van der Waals surface area contributed by atoms with Gasteiger partial charge >= 0.3 is 12.0 Å². The monoisotopic (exact) mass is 479 g/mol. The topological polar surface area (TPSA) is 122 Å². The van der Waals surface area contributed by atoms with Crippen LogP contribution >= 0.6 is 11.3 Å². The molecule has 1 aliphatic heterocycles. The number of amides is 3. The Bertz CT molecular complexity index is 1050. The van der Waals surface area contributed by atoms with Crippen molar-refractivity contribution in [2.24, 2.45) is 0 Å². The number of carbonyl (C=O) groups excluding carboxylic acids is 3. The number of esters is 1. The SMILES string of the molecule is Cc1ccc(S(=O)(=O)N2CCC[C@H]2C(=O)OCC(=O)NC(=O)NCCc2cccs2)cc1. The van der Waals surface area contributed by atoms with Gasteiger partial charge in [-0.05, 0) is 49.8 Å². The second-order valence-electron chi connectivity index (χ2n) is 7.33. The first-order valence-electron chi connectivity index (χ1n) is 10.1. The van der Waals surface area contributed by atoms with E-state index in [2.05, 4.69) is 10.6 Å². The molecule has 1 aromatic carbocycles. The fraction of sp³-hybridized carbons (Fsp3) is 0.381. The van der Waals surface area contributed by atoms with Gasteiger partial charge in [-0.15, -0.1) is 11.3 Å². The summed E-state index contributed by atoms with van der Waals surface area (Å²) in [5.74, 6) is -1.61. The third-order valence-corrected chi connectivity index (χ3v) is 7.80. The van der Waals surface area contributed by atoms with Crippen molar-refractivity contribution in [2.75, 3.05) is 19.7 Å². The molecule has 0 aliphatic carbocycles. The molecule has 2 N–H and O–H groups in total. The van der Waals surface area contributed by atoms with Crippen molar-refractivity contribution in [3.05, 3.63) is 52.2 Å². The minimum atomic E-state index is -3.87. The summed E-state index contributed by atoms with van der Waals surface area (Å²) in [4.78, 5) is 37.4. The van der Waals surface area contributed by atoms with E-state index in [1.807, 2.05) is 24.4 Å². The highest BCUT2D eigenvalue weighted by molar-refractivity contribution is 7.89. The fourth-order valence-corrected chi connectivity index (χ4v) is 5.66. The van der Waals surface area contributed by atoms with Crippen LogP contribution in [0.4, 0.5) is 4.79 Å². The Kier molecular flexibility index (Phi) is 7.99. The number of sulfonamides is 1. The number of imide groups is 1. The maximum Gasteiger partial charge on any atom is 0.324 e. The molecule has 172 valence electrons. The van der Waals surface area contributed by atoms with Gasteiger partial charge in [0.15, 0.2) is 6.61 Å². The maximum atomic E-state index is 12.9. The molecule has 1 atom stereocenters. The molecule has 1 fully saturated rings. The molecule has 1 saturated heterocycles. The van der Waals surface area contributed by atoms with Gasteiger partial charge in [-0.25, -0.2) is 13.2 Å². The average molecular weight is 480 g/mol. The first-order valence-corrected chi connectivity index (χ1v) is 12.4. The lowest BCUT2D eigenvalue weighted by atomic mass is 10.2. The number of rotatable bonds is 8. The summed E-state index contributed by atoms with van der Waals surface area (Å²) >= 11 is 1.57. The number of benzene rings is 1. The lowest BCUT2D eigenvalue weighted by molar-refractivity contribution is -0.151.